The lowest BCUT2D eigenvalue weighted by atomic mass is 10.0. The van der Waals surface area contributed by atoms with Crippen LogP contribution in [0.1, 0.15) is 42.9 Å². The molecule has 0 fully saturated rings. The minimum absolute atomic E-state index is 0.278. The standard InChI is InChI=1S/C17H21NO3S/c1-12-10-16(22-11-12)14-8-6-13(7-9-14)15(19)4-2-3-5-17(20)18-21/h6-11,15,19,21H,2-5H2,1H3,(H,18,20)/t15-/m0/s1. The Morgan fingerprint density at radius 2 is 2.00 bits per heavy atom. The van der Waals surface area contributed by atoms with Gasteiger partial charge in [-0.1, -0.05) is 30.7 Å². The van der Waals surface area contributed by atoms with Crippen molar-refractivity contribution in [2.75, 3.05) is 0 Å². The lowest BCUT2D eigenvalue weighted by molar-refractivity contribution is -0.129. The molecule has 22 heavy (non-hydrogen) atoms. The fourth-order valence-electron chi connectivity index (χ4n) is 2.30. The summed E-state index contributed by atoms with van der Waals surface area (Å²) in [6.45, 7) is 2.08. The number of carbonyl (C=O) groups excluding carboxylic acids is 1. The molecule has 0 unspecified atom stereocenters. The van der Waals surface area contributed by atoms with Crippen LogP contribution in [0.25, 0.3) is 10.4 Å². The molecule has 1 atom stereocenters. The number of hydrogen-bond acceptors (Lipinski definition) is 4. The molecule has 1 aromatic heterocycles. The van der Waals surface area contributed by atoms with Gasteiger partial charge in [-0.2, -0.15) is 0 Å². The maximum Gasteiger partial charge on any atom is 0.243 e. The molecule has 0 spiro atoms. The van der Waals surface area contributed by atoms with E-state index in [0.29, 0.717) is 12.8 Å². The van der Waals surface area contributed by atoms with Gasteiger partial charge in [0.15, 0.2) is 0 Å². The predicted molar refractivity (Wildman–Crippen MR) is 87.8 cm³/mol. The van der Waals surface area contributed by atoms with Crippen molar-refractivity contribution in [3.05, 3.63) is 46.8 Å². The van der Waals surface area contributed by atoms with Crippen LogP contribution in [0, 0.1) is 6.92 Å². The lowest BCUT2D eigenvalue weighted by Gasteiger charge is -2.11. The Bertz CT molecular complexity index is 607. The first-order valence-corrected chi connectivity index (χ1v) is 8.24. The van der Waals surface area contributed by atoms with E-state index in [0.717, 1.165) is 17.5 Å². The van der Waals surface area contributed by atoms with Crippen LogP contribution >= 0.6 is 11.3 Å². The van der Waals surface area contributed by atoms with E-state index in [2.05, 4.69) is 18.4 Å². The maximum atomic E-state index is 10.9. The Balaban J connectivity index is 1.86. The number of hydrogen-bond donors (Lipinski definition) is 3. The molecule has 0 bridgehead atoms. The predicted octanol–water partition coefficient (Wildman–Crippen LogP) is 3.82. The van der Waals surface area contributed by atoms with Crippen LogP contribution in [0.4, 0.5) is 0 Å². The van der Waals surface area contributed by atoms with Crippen LogP contribution in [0.3, 0.4) is 0 Å². The van der Waals surface area contributed by atoms with E-state index in [1.807, 2.05) is 24.3 Å². The summed E-state index contributed by atoms with van der Waals surface area (Å²) in [5.74, 6) is -0.384. The second kappa shape index (κ2) is 8.08. The van der Waals surface area contributed by atoms with Crippen molar-refractivity contribution in [3.63, 3.8) is 0 Å². The highest BCUT2D eigenvalue weighted by Crippen LogP contribution is 2.28. The third-order valence-electron chi connectivity index (χ3n) is 3.57. The molecule has 3 N–H and O–H groups in total. The number of unbranched alkanes of at least 4 members (excludes halogenated alkanes) is 1. The van der Waals surface area contributed by atoms with Gasteiger partial charge in [-0.25, -0.2) is 5.48 Å². The molecule has 0 aliphatic rings. The molecule has 0 saturated heterocycles. The Morgan fingerprint density at radius 1 is 1.27 bits per heavy atom. The number of benzene rings is 1. The molecule has 2 aromatic rings. The molecule has 1 heterocycles. The SMILES string of the molecule is Cc1csc(-c2ccc([C@@H](O)CCCCC(=O)NO)cc2)c1. The van der Waals surface area contributed by atoms with Gasteiger partial charge in [0.1, 0.15) is 0 Å². The summed E-state index contributed by atoms with van der Waals surface area (Å²) >= 11 is 1.72. The number of nitrogens with one attached hydrogen (secondary N) is 1. The molecule has 1 amide bonds. The van der Waals surface area contributed by atoms with E-state index in [4.69, 9.17) is 5.21 Å². The number of aliphatic hydroxyl groups excluding tert-OH is 1. The van der Waals surface area contributed by atoms with Crippen molar-refractivity contribution >= 4 is 17.2 Å². The number of rotatable bonds is 7. The van der Waals surface area contributed by atoms with Gasteiger partial charge in [-0.3, -0.25) is 10.0 Å². The Kier molecular flexibility index (Phi) is 6.12. The molecule has 118 valence electrons. The molecule has 1 aromatic carbocycles. The van der Waals surface area contributed by atoms with Gasteiger partial charge in [0, 0.05) is 11.3 Å². The average molecular weight is 319 g/mol. The van der Waals surface area contributed by atoms with Crippen molar-refractivity contribution in [2.45, 2.75) is 38.7 Å². The number of carbonyl (C=O) groups is 1. The van der Waals surface area contributed by atoms with Crippen molar-refractivity contribution in [3.8, 4) is 10.4 Å². The number of aryl methyl sites for hydroxylation is 1. The first kappa shape index (κ1) is 16.7. The van der Waals surface area contributed by atoms with Crippen LogP contribution in [0.2, 0.25) is 0 Å². The Hall–Kier alpha value is -1.69. The molecule has 5 heteroatoms. The van der Waals surface area contributed by atoms with E-state index in [-0.39, 0.29) is 12.3 Å². The number of hydroxylamine groups is 1. The van der Waals surface area contributed by atoms with Gasteiger partial charge in [-0.15, -0.1) is 11.3 Å². The van der Waals surface area contributed by atoms with Crippen LogP contribution in [-0.2, 0) is 4.79 Å². The number of aliphatic hydroxyl groups is 1. The lowest BCUT2D eigenvalue weighted by Crippen LogP contribution is -2.17. The zero-order valence-corrected chi connectivity index (χ0v) is 13.4. The summed E-state index contributed by atoms with van der Waals surface area (Å²) < 4.78 is 0. The topological polar surface area (TPSA) is 69.6 Å². The van der Waals surface area contributed by atoms with Crippen molar-refractivity contribution in [1.29, 1.82) is 0 Å². The fourth-order valence-corrected chi connectivity index (χ4v) is 3.20. The monoisotopic (exact) mass is 319 g/mol. The minimum Gasteiger partial charge on any atom is -0.388 e. The summed E-state index contributed by atoms with van der Waals surface area (Å²) in [5, 5.41) is 20.7. The molecule has 0 aliphatic carbocycles. The Morgan fingerprint density at radius 3 is 2.59 bits per heavy atom. The molecule has 0 aliphatic heterocycles. The van der Waals surface area contributed by atoms with Crippen LogP contribution < -0.4 is 5.48 Å². The molecular weight excluding hydrogens is 298 g/mol. The molecular formula is C17H21NO3S. The second-order valence-corrected chi connectivity index (χ2v) is 6.32. The second-order valence-electron chi connectivity index (χ2n) is 5.41. The van der Waals surface area contributed by atoms with E-state index >= 15 is 0 Å². The van der Waals surface area contributed by atoms with E-state index < -0.39 is 6.10 Å². The van der Waals surface area contributed by atoms with Gasteiger partial charge in [0.25, 0.3) is 0 Å². The molecule has 4 nitrogen and oxygen atoms in total. The van der Waals surface area contributed by atoms with E-state index in [1.54, 1.807) is 16.8 Å². The third-order valence-corrected chi connectivity index (χ3v) is 4.66. The van der Waals surface area contributed by atoms with E-state index in [1.165, 1.54) is 10.4 Å². The third kappa shape index (κ3) is 4.66. The summed E-state index contributed by atoms with van der Waals surface area (Å²) in [6, 6.07) is 10.1. The zero-order chi connectivity index (χ0) is 15.9. The van der Waals surface area contributed by atoms with Gasteiger partial charge in [0.2, 0.25) is 5.91 Å². The van der Waals surface area contributed by atoms with Gasteiger partial charge >= 0.3 is 0 Å². The van der Waals surface area contributed by atoms with Crippen LogP contribution in [0.5, 0.6) is 0 Å². The van der Waals surface area contributed by atoms with Crippen LogP contribution in [0.15, 0.2) is 35.7 Å². The quantitative estimate of drug-likeness (QED) is 0.413. The molecule has 0 saturated carbocycles. The van der Waals surface area contributed by atoms with E-state index in [9.17, 15) is 9.90 Å². The van der Waals surface area contributed by atoms with Gasteiger partial charge in [-0.05, 0) is 47.9 Å². The highest BCUT2D eigenvalue weighted by molar-refractivity contribution is 7.13. The maximum absolute atomic E-state index is 10.9. The summed E-state index contributed by atoms with van der Waals surface area (Å²) in [6.07, 6.45) is 1.75. The van der Waals surface area contributed by atoms with Crippen molar-refractivity contribution in [2.24, 2.45) is 0 Å². The summed E-state index contributed by atoms with van der Waals surface area (Å²) in [5.41, 5.74) is 4.92. The smallest absolute Gasteiger partial charge is 0.243 e. The highest BCUT2D eigenvalue weighted by atomic mass is 32.1. The van der Waals surface area contributed by atoms with Gasteiger partial charge in [0.05, 0.1) is 6.10 Å². The fraction of sp³-hybridized carbons (Fsp3) is 0.353. The van der Waals surface area contributed by atoms with Crippen molar-refractivity contribution < 1.29 is 15.1 Å². The van der Waals surface area contributed by atoms with Gasteiger partial charge < -0.3 is 5.11 Å². The Labute approximate surface area is 134 Å². The first-order chi connectivity index (χ1) is 10.6. The van der Waals surface area contributed by atoms with Crippen LogP contribution in [-0.4, -0.2) is 16.2 Å². The first-order valence-electron chi connectivity index (χ1n) is 7.36. The number of amides is 1. The molecule has 2 rings (SSSR count). The minimum atomic E-state index is -0.517. The highest BCUT2D eigenvalue weighted by Gasteiger charge is 2.09. The van der Waals surface area contributed by atoms with Crippen molar-refractivity contribution in [1.82, 2.24) is 5.48 Å². The zero-order valence-electron chi connectivity index (χ0n) is 12.6. The largest absolute Gasteiger partial charge is 0.388 e. The number of thiophene rings is 1. The average Bonchev–Trinajstić information content (AvgIpc) is 2.97. The molecule has 0 radical (unpaired) electrons. The summed E-state index contributed by atoms with van der Waals surface area (Å²) in [7, 11) is 0. The normalized spacial score (nSPS) is 12.1. The summed E-state index contributed by atoms with van der Waals surface area (Å²) in [4.78, 5) is 12.1.